The Morgan fingerprint density at radius 1 is 1.16 bits per heavy atom. The maximum absolute atomic E-state index is 12.2. The van der Waals surface area contributed by atoms with Crippen LogP contribution in [0.2, 0.25) is 0 Å². The minimum Gasteiger partial charge on any atom is -0.487 e. The van der Waals surface area contributed by atoms with Crippen molar-refractivity contribution in [2.24, 2.45) is 0 Å². The molecule has 1 aromatic carbocycles. The Bertz CT molecular complexity index is 1100. The first kappa shape index (κ1) is 28.0. The Morgan fingerprint density at radius 3 is 2.53 bits per heavy atom. The first-order valence-electron chi connectivity index (χ1n) is 13.5. The molecule has 8 nitrogen and oxygen atoms in total. The van der Waals surface area contributed by atoms with Gasteiger partial charge in [-0.1, -0.05) is 6.07 Å². The van der Waals surface area contributed by atoms with Crippen molar-refractivity contribution in [2.75, 3.05) is 6.61 Å². The second-order valence-electron chi connectivity index (χ2n) is 10.9. The smallest absolute Gasteiger partial charge is 0.336 e. The Labute approximate surface area is 224 Å². The molecule has 2 aromatic rings. The van der Waals surface area contributed by atoms with Crippen LogP contribution in [0.5, 0.6) is 5.75 Å². The number of carbonyl (C=O) groups is 2. The summed E-state index contributed by atoms with van der Waals surface area (Å²) >= 11 is 0. The van der Waals surface area contributed by atoms with Crippen LogP contribution in [0.1, 0.15) is 85.0 Å². The number of aromatic nitrogens is 1. The molecule has 1 N–H and O–H groups in total. The molecule has 0 spiro atoms. The van der Waals surface area contributed by atoms with Gasteiger partial charge in [-0.3, -0.25) is 9.78 Å². The van der Waals surface area contributed by atoms with Crippen LogP contribution in [0.3, 0.4) is 0 Å². The number of esters is 1. The number of fused-ring (bicyclic) bond motifs is 1. The lowest BCUT2D eigenvalue weighted by Crippen LogP contribution is -2.38. The zero-order chi connectivity index (χ0) is 27.3. The molecule has 8 heteroatoms. The number of carboxylic acid groups (broad SMARTS) is 1. The van der Waals surface area contributed by atoms with Crippen LogP contribution in [0.15, 0.2) is 30.6 Å². The summed E-state index contributed by atoms with van der Waals surface area (Å²) < 4.78 is 23.6. The van der Waals surface area contributed by atoms with Gasteiger partial charge in [0.15, 0.2) is 6.29 Å². The molecule has 3 unspecified atom stereocenters. The lowest BCUT2D eigenvalue weighted by Gasteiger charge is -2.33. The van der Waals surface area contributed by atoms with E-state index >= 15 is 0 Å². The minimum absolute atomic E-state index is 0.209. The average Bonchev–Trinajstić information content (AvgIpc) is 3.21. The summed E-state index contributed by atoms with van der Waals surface area (Å²) in [5.41, 5.74) is 3.38. The van der Waals surface area contributed by atoms with E-state index in [1.807, 2.05) is 45.9 Å². The predicted molar refractivity (Wildman–Crippen MR) is 141 cm³/mol. The number of nitrogens with zero attached hydrogens (tertiary/aromatic N) is 1. The fourth-order valence-electron chi connectivity index (χ4n) is 5.58. The van der Waals surface area contributed by atoms with Gasteiger partial charge >= 0.3 is 11.9 Å². The predicted octanol–water partition coefficient (Wildman–Crippen LogP) is 5.35. The van der Waals surface area contributed by atoms with E-state index in [-0.39, 0.29) is 36.5 Å². The first-order chi connectivity index (χ1) is 18.1. The van der Waals surface area contributed by atoms with Crippen molar-refractivity contribution in [1.29, 1.82) is 0 Å². The summed E-state index contributed by atoms with van der Waals surface area (Å²) in [6, 6.07) is 5.72. The molecule has 0 saturated carbocycles. The fourth-order valence-corrected chi connectivity index (χ4v) is 5.58. The van der Waals surface area contributed by atoms with Crippen LogP contribution in [0.4, 0.5) is 0 Å². The Kier molecular flexibility index (Phi) is 9.05. The average molecular weight is 526 g/mol. The Balaban J connectivity index is 0.000000494. The number of ether oxygens (including phenoxy) is 4. The van der Waals surface area contributed by atoms with Crippen molar-refractivity contribution in [3.8, 4) is 5.75 Å². The molecule has 0 radical (unpaired) electrons. The summed E-state index contributed by atoms with van der Waals surface area (Å²) in [7, 11) is 0. The number of benzene rings is 1. The standard InChI is InChI=1S/C25H34O7.C5H5N/c1-14-18(23-19(13-25(3,4)32-23)15(2)22(14)24(27)28)9-8-16-11-17(12-20(26)30-16)31-21-7-5-6-10-29-21;1-2-4-6-5-3-1/h16-17,21H,5-13H2,1-4H3,(H,27,28);1-5H. The molecule has 3 atom stereocenters. The topological polar surface area (TPSA) is 104 Å². The highest BCUT2D eigenvalue weighted by atomic mass is 16.7. The van der Waals surface area contributed by atoms with Gasteiger partial charge in [-0.25, -0.2) is 4.79 Å². The van der Waals surface area contributed by atoms with E-state index < -0.39 is 5.97 Å². The highest BCUT2D eigenvalue weighted by molar-refractivity contribution is 5.93. The molecule has 5 rings (SSSR count). The zero-order valence-electron chi connectivity index (χ0n) is 22.8. The number of carbonyl (C=O) groups excluding carboxylic acids is 1. The van der Waals surface area contributed by atoms with Crippen LogP contribution in [0.25, 0.3) is 0 Å². The summed E-state index contributed by atoms with van der Waals surface area (Å²) in [4.78, 5) is 28.0. The van der Waals surface area contributed by atoms with Crippen molar-refractivity contribution in [3.05, 3.63) is 58.4 Å². The minimum atomic E-state index is -0.918. The van der Waals surface area contributed by atoms with Crippen LogP contribution >= 0.6 is 0 Å². The molecular formula is C30H39NO7. The first-order valence-corrected chi connectivity index (χ1v) is 13.5. The fraction of sp³-hybridized carbons (Fsp3) is 0.567. The van der Waals surface area contributed by atoms with Crippen molar-refractivity contribution < 1.29 is 33.6 Å². The maximum Gasteiger partial charge on any atom is 0.336 e. The van der Waals surface area contributed by atoms with E-state index in [1.54, 1.807) is 12.4 Å². The van der Waals surface area contributed by atoms with Gasteiger partial charge in [-0.15, -0.1) is 0 Å². The number of cyclic esters (lactones) is 1. The second kappa shape index (κ2) is 12.3. The normalized spacial score (nSPS) is 23.9. The molecule has 3 aliphatic rings. The summed E-state index contributed by atoms with van der Waals surface area (Å²) in [5.74, 6) is -0.365. The number of rotatable bonds is 6. The molecule has 0 amide bonds. The van der Waals surface area contributed by atoms with Gasteiger partial charge in [0.05, 0.1) is 18.1 Å². The molecule has 1 aromatic heterocycles. The monoisotopic (exact) mass is 525 g/mol. The van der Waals surface area contributed by atoms with E-state index in [0.717, 1.165) is 47.3 Å². The van der Waals surface area contributed by atoms with Crippen LogP contribution in [-0.4, -0.2) is 52.7 Å². The molecule has 2 fully saturated rings. The van der Waals surface area contributed by atoms with E-state index in [1.165, 1.54) is 0 Å². The number of pyridine rings is 1. The van der Waals surface area contributed by atoms with Crippen LogP contribution in [0, 0.1) is 13.8 Å². The number of aromatic carboxylic acids is 1. The lowest BCUT2D eigenvalue weighted by molar-refractivity contribution is -0.209. The Hall–Kier alpha value is -2.97. The largest absolute Gasteiger partial charge is 0.487 e. The third-order valence-corrected chi connectivity index (χ3v) is 7.38. The quantitative estimate of drug-likeness (QED) is 0.504. The Morgan fingerprint density at radius 2 is 1.92 bits per heavy atom. The van der Waals surface area contributed by atoms with Gasteiger partial charge in [-0.2, -0.15) is 0 Å². The van der Waals surface area contributed by atoms with E-state index in [4.69, 9.17) is 18.9 Å². The van der Waals surface area contributed by atoms with Gasteiger partial charge in [0.1, 0.15) is 17.5 Å². The molecular weight excluding hydrogens is 486 g/mol. The van der Waals surface area contributed by atoms with E-state index in [0.29, 0.717) is 37.9 Å². The molecule has 206 valence electrons. The van der Waals surface area contributed by atoms with E-state index in [2.05, 4.69) is 4.98 Å². The van der Waals surface area contributed by atoms with Crippen LogP contribution in [-0.2, 0) is 31.8 Å². The van der Waals surface area contributed by atoms with Gasteiger partial charge in [0.25, 0.3) is 0 Å². The van der Waals surface area contributed by atoms with Gasteiger partial charge < -0.3 is 24.1 Å². The van der Waals surface area contributed by atoms with Gasteiger partial charge in [-0.05, 0) is 88.6 Å². The molecule has 3 aliphatic heterocycles. The van der Waals surface area contributed by atoms with Crippen LogP contribution < -0.4 is 4.74 Å². The highest BCUT2D eigenvalue weighted by Crippen LogP contribution is 2.44. The summed E-state index contributed by atoms with van der Waals surface area (Å²) in [6.07, 6.45) is 8.48. The number of hydrogen-bond donors (Lipinski definition) is 1. The SMILES string of the molecule is Cc1c(CCC2CC(OC3CCCCO3)CC(=O)O2)c2c(c(C)c1C(=O)O)CC(C)(C)O2.c1ccncc1. The number of hydrogen-bond acceptors (Lipinski definition) is 7. The summed E-state index contributed by atoms with van der Waals surface area (Å²) in [6.45, 7) is 8.45. The van der Waals surface area contributed by atoms with Gasteiger partial charge in [0, 0.05) is 37.4 Å². The molecule has 4 heterocycles. The third kappa shape index (κ3) is 6.91. The summed E-state index contributed by atoms with van der Waals surface area (Å²) in [5, 5.41) is 9.84. The van der Waals surface area contributed by atoms with Crippen molar-refractivity contribution in [3.63, 3.8) is 0 Å². The van der Waals surface area contributed by atoms with Crippen molar-refractivity contribution >= 4 is 11.9 Å². The van der Waals surface area contributed by atoms with E-state index in [9.17, 15) is 14.7 Å². The zero-order valence-corrected chi connectivity index (χ0v) is 22.8. The van der Waals surface area contributed by atoms with Crippen molar-refractivity contribution in [2.45, 2.75) is 103 Å². The third-order valence-electron chi connectivity index (χ3n) is 7.38. The second-order valence-corrected chi connectivity index (χ2v) is 10.9. The highest BCUT2D eigenvalue weighted by Gasteiger charge is 2.37. The molecule has 2 saturated heterocycles. The molecule has 38 heavy (non-hydrogen) atoms. The number of carboxylic acids is 1. The van der Waals surface area contributed by atoms with Crippen molar-refractivity contribution in [1.82, 2.24) is 4.98 Å². The molecule has 0 aliphatic carbocycles. The lowest BCUT2D eigenvalue weighted by atomic mass is 9.87. The maximum atomic E-state index is 12.2. The van der Waals surface area contributed by atoms with Gasteiger partial charge in [0.2, 0.25) is 0 Å². The molecule has 0 bridgehead atoms.